The van der Waals surface area contributed by atoms with Crippen molar-refractivity contribution in [2.24, 2.45) is 0 Å². The molecule has 0 radical (unpaired) electrons. The van der Waals surface area contributed by atoms with Crippen LogP contribution in [0.15, 0.2) is 5.38 Å². The van der Waals surface area contributed by atoms with Gasteiger partial charge in [-0.3, -0.25) is 0 Å². The van der Waals surface area contributed by atoms with Gasteiger partial charge in [-0.25, -0.2) is 9.78 Å². The van der Waals surface area contributed by atoms with E-state index in [4.69, 9.17) is 5.11 Å². The first kappa shape index (κ1) is 14.1. The minimum absolute atomic E-state index is 0.0612. The van der Waals surface area contributed by atoms with Crippen LogP contribution in [0.3, 0.4) is 0 Å². The highest BCUT2D eigenvalue weighted by Crippen LogP contribution is 2.11. The number of nitrogens with zero attached hydrogens (tertiary/aromatic N) is 2. The summed E-state index contributed by atoms with van der Waals surface area (Å²) in [6.07, 6.45) is 0. The molecular weight excluding hydrogens is 238 g/mol. The second-order valence-electron chi connectivity index (χ2n) is 4.76. The Bertz CT molecular complexity index is 388. The topological polar surface area (TPSA) is 65.5 Å². The number of nitrogens with one attached hydrogen (secondary N) is 1. The first-order valence-electron chi connectivity index (χ1n) is 5.39. The molecule has 0 saturated heterocycles. The number of hydrogen-bond donors (Lipinski definition) is 2. The van der Waals surface area contributed by atoms with Crippen LogP contribution in [0.25, 0.3) is 0 Å². The average molecular weight is 257 g/mol. The summed E-state index contributed by atoms with van der Waals surface area (Å²) in [6, 6.07) is 0. The second kappa shape index (κ2) is 5.57. The Balaban J connectivity index is 2.43. The lowest BCUT2D eigenvalue weighted by molar-refractivity contribution is 0.0696. The molecule has 1 aromatic rings. The van der Waals surface area contributed by atoms with Crippen LogP contribution in [-0.4, -0.2) is 47.1 Å². The molecule has 6 heteroatoms. The standard InChI is InChI=1S/C11H19N3O2S/c1-11(2,14(3)4)7-12-5-8-6-17-9(13-8)10(15)16/h6,12H,5,7H2,1-4H3,(H,15,16). The second-order valence-corrected chi connectivity index (χ2v) is 5.62. The molecular formula is C11H19N3O2S. The maximum atomic E-state index is 10.7. The normalized spacial score (nSPS) is 12.1. The van der Waals surface area contributed by atoms with E-state index in [0.717, 1.165) is 23.6 Å². The van der Waals surface area contributed by atoms with Crippen molar-refractivity contribution in [3.05, 3.63) is 16.1 Å². The molecule has 0 atom stereocenters. The number of carbonyl (C=O) groups is 1. The summed E-state index contributed by atoms with van der Waals surface area (Å²) < 4.78 is 0. The van der Waals surface area contributed by atoms with Gasteiger partial charge in [-0.05, 0) is 27.9 Å². The Hall–Kier alpha value is -0.980. The van der Waals surface area contributed by atoms with E-state index in [9.17, 15) is 4.79 Å². The van der Waals surface area contributed by atoms with Crippen LogP contribution in [0.4, 0.5) is 0 Å². The predicted molar refractivity (Wildman–Crippen MR) is 68.5 cm³/mol. The molecule has 0 aliphatic heterocycles. The number of aromatic carboxylic acids is 1. The van der Waals surface area contributed by atoms with Gasteiger partial charge in [0.1, 0.15) is 0 Å². The van der Waals surface area contributed by atoms with E-state index in [1.54, 1.807) is 5.38 Å². The molecule has 0 unspecified atom stereocenters. The van der Waals surface area contributed by atoms with Crippen molar-refractivity contribution in [1.29, 1.82) is 0 Å². The lowest BCUT2D eigenvalue weighted by Crippen LogP contribution is -2.46. The van der Waals surface area contributed by atoms with Gasteiger partial charge in [0.15, 0.2) is 0 Å². The molecule has 0 saturated carbocycles. The fourth-order valence-corrected chi connectivity index (χ4v) is 1.80. The van der Waals surface area contributed by atoms with E-state index >= 15 is 0 Å². The van der Waals surface area contributed by atoms with Crippen molar-refractivity contribution in [1.82, 2.24) is 15.2 Å². The largest absolute Gasteiger partial charge is 0.476 e. The third-order valence-corrected chi connectivity index (χ3v) is 3.69. The van der Waals surface area contributed by atoms with E-state index in [0.29, 0.717) is 6.54 Å². The Labute approximate surface area is 105 Å². The lowest BCUT2D eigenvalue weighted by atomic mass is 10.0. The first-order valence-corrected chi connectivity index (χ1v) is 6.27. The van der Waals surface area contributed by atoms with Crippen molar-refractivity contribution in [3.63, 3.8) is 0 Å². The van der Waals surface area contributed by atoms with Gasteiger partial charge < -0.3 is 15.3 Å². The SMILES string of the molecule is CN(C)C(C)(C)CNCc1csc(C(=O)O)n1. The summed E-state index contributed by atoms with van der Waals surface area (Å²) in [5.41, 5.74) is 0.841. The van der Waals surface area contributed by atoms with Gasteiger partial charge in [0.25, 0.3) is 0 Å². The minimum Gasteiger partial charge on any atom is -0.476 e. The maximum absolute atomic E-state index is 10.7. The molecule has 5 nitrogen and oxygen atoms in total. The van der Waals surface area contributed by atoms with Gasteiger partial charge >= 0.3 is 5.97 Å². The van der Waals surface area contributed by atoms with Gasteiger partial charge in [-0.15, -0.1) is 11.3 Å². The van der Waals surface area contributed by atoms with E-state index in [1.165, 1.54) is 0 Å². The van der Waals surface area contributed by atoms with Crippen molar-refractivity contribution < 1.29 is 9.90 Å². The summed E-state index contributed by atoms with van der Waals surface area (Å²) in [7, 11) is 4.07. The zero-order valence-electron chi connectivity index (χ0n) is 10.6. The number of aromatic nitrogens is 1. The van der Waals surface area contributed by atoms with Crippen molar-refractivity contribution >= 4 is 17.3 Å². The lowest BCUT2D eigenvalue weighted by Gasteiger charge is -2.32. The van der Waals surface area contributed by atoms with Crippen molar-refractivity contribution in [3.8, 4) is 0 Å². The molecule has 0 fully saturated rings. The quantitative estimate of drug-likeness (QED) is 0.803. The van der Waals surface area contributed by atoms with Crippen LogP contribution in [0.2, 0.25) is 0 Å². The van der Waals surface area contributed by atoms with Crippen LogP contribution in [-0.2, 0) is 6.54 Å². The van der Waals surface area contributed by atoms with Crippen molar-refractivity contribution in [2.45, 2.75) is 25.9 Å². The zero-order valence-corrected chi connectivity index (χ0v) is 11.5. The molecule has 2 N–H and O–H groups in total. The molecule has 0 amide bonds. The summed E-state index contributed by atoms with van der Waals surface area (Å²) in [5.74, 6) is -0.963. The fraction of sp³-hybridized carbons (Fsp3) is 0.636. The maximum Gasteiger partial charge on any atom is 0.365 e. The summed E-state index contributed by atoms with van der Waals surface area (Å²) in [4.78, 5) is 16.8. The first-order chi connectivity index (χ1) is 7.83. The number of hydrogen-bond acceptors (Lipinski definition) is 5. The third-order valence-electron chi connectivity index (χ3n) is 2.81. The third kappa shape index (κ3) is 4.07. The zero-order chi connectivity index (χ0) is 13.1. The smallest absolute Gasteiger partial charge is 0.365 e. The fourth-order valence-electron chi connectivity index (χ4n) is 1.14. The molecule has 0 aromatic carbocycles. The monoisotopic (exact) mass is 257 g/mol. The minimum atomic E-state index is -0.963. The Morgan fingerprint density at radius 1 is 1.59 bits per heavy atom. The molecule has 0 bridgehead atoms. The highest BCUT2D eigenvalue weighted by molar-refractivity contribution is 7.11. The highest BCUT2D eigenvalue weighted by Gasteiger charge is 2.19. The van der Waals surface area contributed by atoms with Gasteiger partial charge in [-0.2, -0.15) is 0 Å². The van der Waals surface area contributed by atoms with Crippen LogP contribution < -0.4 is 5.32 Å². The van der Waals surface area contributed by atoms with E-state index < -0.39 is 5.97 Å². The average Bonchev–Trinajstić information content (AvgIpc) is 2.66. The molecule has 1 aromatic heterocycles. The van der Waals surface area contributed by atoms with Gasteiger partial charge in [-0.1, -0.05) is 0 Å². The Kier molecular flexibility index (Phi) is 4.62. The van der Waals surface area contributed by atoms with Crippen molar-refractivity contribution in [2.75, 3.05) is 20.6 Å². The molecule has 0 aliphatic carbocycles. The molecule has 1 rings (SSSR count). The number of likely N-dealkylation sites (N-methyl/N-ethyl adjacent to an activating group) is 1. The number of carboxylic acid groups (broad SMARTS) is 1. The molecule has 17 heavy (non-hydrogen) atoms. The molecule has 0 aliphatic rings. The van der Waals surface area contributed by atoms with E-state index in [1.807, 2.05) is 14.1 Å². The summed E-state index contributed by atoms with van der Waals surface area (Å²) in [5, 5.41) is 14.0. The summed E-state index contributed by atoms with van der Waals surface area (Å²) in [6.45, 7) is 5.70. The van der Waals surface area contributed by atoms with Crippen LogP contribution in [0, 0.1) is 0 Å². The van der Waals surface area contributed by atoms with Gasteiger partial charge in [0.05, 0.1) is 5.69 Å². The number of thiazole rings is 1. The number of carboxylic acids is 1. The van der Waals surface area contributed by atoms with Crippen LogP contribution in [0.1, 0.15) is 29.3 Å². The highest BCUT2D eigenvalue weighted by atomic mass is 32.1. The van der Waals surface area contributed by atoms with Gasteiger partial charge in [0, 0.05) is 24.0 Å². The Morgan fingerprint density at radius 3 is 2.71 bits per heavy atom. The molecule has 1 heterocycles. The molecule has 0 spiro atoms. The summed E-state index contributed by atoms with van der Waals surface area (Å²) >= 11 is 1.16. The van der Waals surface area contributed by atoms with E-state index in [-0.39, 0.29) is 10.5 Å². The van der Waals surface area contributed by atoms with Crippen LogP contribution >= 0.6 is 11.3 Å². The van der Waals surface area contributed by atoms with Gasteiger partial charge in [0.2, 0.25) is 5.01 Å². The van der Waals surface area contributed by atoms with E-state index in [2.05, 4.69) is 29.0 Å². The Morgan fingerprint density at radius 2 is 2.24 bits per heavy atom. The van der Waals surface area contributed by atoms with Crippen LogP contribution in [0.5, 0.6) is 0 Å². The molecule has 96 valence electrons. The number of rotatable bonds is 6. The predicted octanol–water partition coefficient (Wildman–Crippen LogP) is 1.27.